The minimum atomic E-state index is -0.668. The van der Waals surface area contributed by atoms with Crippen LogP contribution in [0.5, 0.6) is 0 Å². The zero-order chi connectivity index (χ0) is 15.4. The van der Waals surface area contributed by atoms with Crippen molar-refractivity contribution in [3.63, 3.8) is 0 Å². The van der Waals surface area contributed by atoms with Gasteiger partial charge in [0, 0.05) is 11.8 Å². The lowest BCUT2D eigenvalue weighted by Crippen LogP contribution is -2.19. The summed E-state index contributed by atoms with van der Waals surface area (Å²) in [5.41, 5.74) is 5.50. The molecular formula is C13H10F2N4O2. The summed E-state index contributed by atoms with van der Waals surface area (Å²) in [7, 11) is 0. The molecule has 0 radical (unpaired) electrons. The Morgan fingerprint density at radius 1 is 1.24 bits per heavy atom. The number of oxime groups is 1. The third-order valence-electron chi connectivity index (χ3n) is 2.58. The highest BCUT2D eigenvalue weighted by Crippen LogP contribution is 2.18. The summed E-state index contributed by atoms with van der Waals surface area (Å²) < 4.78 is 26.2. The molecule has 1 heterocycles. The van der Waals surface area contributed by atoms with E-state index in [9.17, 15) is 13.6 Å². The van der Waals surface area contributed by atoms with Crippen molar-refractivity contribution in [1.82, 2.24) is 4.98 Å². The lowest BCUT2D eigenvalue weighted by Gasteiger charge is -2.10. The third-order valence-corrected chi connectivity index (χ3v) is 2.58. The van der Waals surface area contributed by atoms with Crippen molar-refractivity contribution in [2.24, 2.45) is 10.9 Å². The van der Waals surface area contributed by atoms with Crippen LogP contribution in [0.3, 0.4) is 0 Å². The summed E-state index contributed by atoms with van der Waals surface area (Å²) in [6.07, 6.45) is 2.13. The first-order chi connectivity index (χ1) is 10.0. The molecule has 1 aromatic heterocycles. The average Bonchev–Trinajstić information content (AvgIpc) is 2.48. The molecule has 21 heavy (non-hydrogen) atoms. The van der Waals surface area contributed by atoms with Gasteiger partial charge in [0.25, 0.3) is 5.91 Å². The van der Waals surface area contributed by atoms with Gasteiger partial charge in [0.05, 0.1) is 17.4 Å². The minimum absolute atomic E-state index is 0.00443. The van der Waals surface area contributed by atoms with Crippen LogP contribution in [0.25, 0.3) is 0 Å². The van der Waals surface area contributed by atoms with Gasteiger partial charge in [0.1, 0.15) is 11.6 Å². The number of aromatic nitrogens is 1. The van der Waals surface area contributed by atoms with Crippen molar-refractivity contribution < 1.29 is 18.8 Å². The van der Waals surface area contributed by atoms with E-state index in [1.54, 1.807) is 0 Å². The second kappa shape index (κ2) is 5.95. The van der Waals surface area contributed by atoms with Crippen LogP contribution in [-0.4, -0.2) is 21.9 Å². The molecule has 0 unspecified atom stereocenters. The molecule has 1 amide bonds. The molecule has 4 N–H and O–H groups in total. The molecule has 0 saturated heterocycles. The summed E-state index contributed by atoms with van der Waals surface area (Å²) in [5.74, 6) is -2.33. The van der Waals surface area contributed by atoms with E-state index in [4.69, 9.17) is 10.9 Å². The molecule has 6 nitrogen and oxygen atoms in total. The van der Waals surface area contributed by atoms with Crippen LogP contribution in [0.15, 0.2) is 41.8 Å². The highest BCUT2D eigenvalue weighted by molar-refractivity contribution is 6.09. The molecule has 108 valence electrons. The smallest absolute Gasteiger partial charge is 0.257 e. The van der Waals surface area contributed by atoms with Gasteiger partial charge < -0.3 is 16.3 Å². The van der Waals surface area contributed by atoms with Crippen LogP contribution in [0.4, 0.5) is 14.5 Å². The molecule has 0 aliphatic carbocycles. The van der Waals surface area contributed by atoms with E-state index in [0.717, 1.165) is 24.4 Å². The van der Waals surface area contributed by atoms with E-state index in [1.807, 2.05) is 0 Å². The van der Waals surface area contributed by atoms with E-state index in [2.05, 4.69) is 15.5 Å². The number of amides is 1. The zero-order valence-corrected chi connectivity index (χ0v) is 10.5. The van der Waals surface area contributed by atoms with E-state index >= 15 is 0 Å². The number of rotatable bonds is 3. The number of halogens is 2. The number of nitrogens with one attached hydrogen (secondary N) is 1. The summed E-state index contributed by atoms with van der Waals surface area (Å²) in [6.45, 7) is 0. The fourth-order valence-electron chi connectivity index (χ4n) is 1.62. The lowest BCUT2D eigenvalue weighted by molar-refractivity contribution is 0.102. The molecule has 0 aliphatic heterocycles. The molecule has 2 aromatic rings. The Kier molecular flexibility index (Phi) is 4.07. The number of nitrogens with zero attached hydrogens (tertiary/aromatic N) is 2. The Bertz CT molecular complexity index is 719. The van der Waals surface area contributed by atoms with Crippen molar-refractivity contribution >= 4 is 17.4 Å². The predicted octanol–water partition coefficient (Wildman–Crippen LogP) is 1.71. The van der Waals surface area contributed by atoms with Gasteiger partial charge in [-0.15, -0.1) is 0 Å². The molecule has 8 heteroatoms. The van der Waals surface area contributed by atoms with Gasteiger partial charge in [0.15, 0.2) is 5.84 Å². The molecule has 0 aliphatic rings. The molecule has 1 aromatic carbocycles. The molecule has 0 saturated carbocycles. The summed E-state index contributed by atoms with van der Waals surface area (Å²) in [5, 5.41) is 13.8. The number of hydrogen-bond acceptors (Lipinski definition) is 4. The number of pyridine rings is 1. The zero-order valence-electron chi connectivity index (χ0n) is 10.5. The van der Waals surface area contributed by atoms with Crippen LogP contribution in [0.2, 0.25) is 0 Å². The molecule has 0 spiro atoms. The standard InChI is InChI=1S/C13H10F2N4O2/c14-8-1-2-11(10(4-8)12(16)19-21)18-13(20)7-3-9(15)6-17-5-7/h1-6,21H,(H2,16,19)(H,18,20). The van der Waals surface area contributed by atoms with Crippen LogP contribution in [0, 0.1) is 11.6 Å². The number of nitrogens with two attached hydrogens (primary N) is 1. The van der Waals surface area contributed by atoms with Gasteiger partial charge in [-0.1, -0.05) is 5.16 Å². The van der Waals surface area contributed by atoms with Crippen LogP contribution in [0.1, 0.15) is 15.9 Å². The Labute approximate surface area is 117 Å². The molecule has 0 atom stereocenters. The van der Waals surface area contributed by atoms with Crippen molar-refractivity contribution in [1.29, 1.82) is 0 Å². The van der Waals surface area contributed by atoms with Gasteiger partial charge in [-0.25, -0.2) is 8.78 Å². The Morgan fingerprint density at radius 2 is 2.00 bits per heavy atom. The first-order valence-corrected chi connectivity index (χ1v) is 5.70. The Balaban J connectivity index is 2.33. The summed E-state index contributed by atoms with van der Waals surface area (Å²) >= 11 is 0. The largest absolute Gasteiger partial charge is 0.409 e. The van der Waals surface area contributed by atoms with E-state index < -0.39 is 17.5 Å². The summed E-state index contributed by atoms with van der Waals surface area (Å²) in [4.78, 5) is 15.5. The predicted molar refractivity (Wildman–Crippen MR) is 71.1 cm³/mol. The molecule has 0 bridgehead atoms. The number of amidine groups is 1. The molecule has 2 rings (SSSR count). The second-order valence-corrected chi connectivity index (χ2v) is 4.02. The Hall–Kier alpha value is -3.03. The van der Waals surface area contributed by atoms with Crippen LogP contribution >= 0.6 is 0 Å². The first kappa shape index (κ1) is 14.4. The van der Waals surface area contributed by atoms with Gasteiger partial charge in [-0.2, -0.15) is 0 Å². The second-order valence-electron chi connectivity index (χ2n) is 4.02. The Morgan fingerprint density at radius 3 is 2.67 bits per heavy atom. The van der Waals surface area contributed by atoms with Gasteiger partial charge in [-0.3, -0.25) is 9.78 Å². The number of carbonyl (C=O) groups is 1. The first-order valence-electron chi connectivity index (χ1n) is 5.70. The normalized spacial score (nSPS) is 11.2. The topological polar surface area (TPSA) is 101 Å². The highest BCUT2D eigenvalue weighted by Gasteiger charge is 2.13. The monoisotopic (exact) mass is 292 g/mol. The van der Waals surface area contributed by atoms with Crippen molar-refractivity contribution in [2.75, 3.05) is 5.32 Å². The number of carbonyl (C=O) groups excluding carboxylic acids is 1. The van der Waals surface area contributed by atoms with Crippen molar-refractivity contribution in [3.05, 3.63) is 59.4 Å². The maximum absolute atomic E-state index is 13.2. The van der Waals surface area contributed by atoms with E-state index in [1.165, 1.54) is 12.3 Å². The van der Waals surface area contributed by atoms with Crippen LogP contribution in [-0.2, 0) is 0 Å². The van der Waals surface area contributed by atoms with Crippen LogP contribution < -0.4 is 11.1 Å². The number of anilines is 1. The average molecular weight is 292 g/mol. The van der Waals surface area contributed by atoms with Gasteiger partial charge in [-0.05, 0) is 24.3 Å². The van der Waals surface area contributed by atoms with Crippen molar-refractivity contribution in [3.8, 4) is 0 Å². The fourth-order valence-corrected chi connectivity index (χ4v) is 1.62. The third kappa shape index (κ3) is 3.30. The minimum Gasteiger partial charge on any atom is -0.409 e. The maximum atomic E-state index is 13.2. The number of benzene rings is 1. The highest BCUT2D eigenvalue weighted by atomic mass is 19.1. The maximum Gasteiger partial charge on any atom is 0.257 e. The molecule has 0 fully saturated rings. The number of hydrogen-bond donors (Lipinski definition) is 3. The van der Waals surface area contributed by atoms with E-state index in [-0.39, 0.29) is 22.6 Å². The SMILES string of the molecule is N/C(=N/O)c1cc(F)ccc1NC(=O)c1cncc(F)c1. The van der Waals surface area contributed by atoms with Gasteiger partial charge in [0.2, 0.25) is 0 Å². The van der Waals surface area contributed by atoms with Crippen molar-refractivity contribution in [2.45, 2.75) is 0 Å². The van der Waals surface area contributed by atoms with Gasteiger partial charge >= 0.3 is 0 Å². The quantitative estimate of drug-likeness (QED) is 0.347. The molecular weight excluding hydrogens is 282 g/mol. The lowest BCUT2D eigenvalue weighted by atomic mass is 10.1. The summed E-state index contributed by atoms with van der Waals surface area (Å²) in [6, 6.07) is 4.32. The van der Waals surface area contributed by atoms with E-state index in [0.29, 0.717) is 0 Å². The fraction of sp³-hybridized carbons (Fsp3) is 0.